The molecule has 0 nitrogen and oxygen atoms in total. The van der Waals surface area contributed by atoms with E-state index in [-0.39, 0.29) is 5.88 Å². The van der Waals surface area contributed by atoms with Gasteiger partial charge in [0.1, 0.15) is 4.87 Å². The third-order valence-corrected chi connectivity index (χ3v) is 3.16. The Kier molecular flexibility index (Phi) is 3.92. The molecule has 0 bridgehead atoms. The van der Waals surface area contributed by atoms with Crippen LogP contribution in [0.1, 0.15) is 11.1 Å². The van der Waals surface area contributed by atoms with Crippen molar-refractivity contribution in [3.63, 3.8) is 0 Å². The van der Waals surface area contributed by atoms with Crippen LogP contribution in [0.15, 0.2) is 30.9 Å². The Balaban J connectivity index is 3.08. The topological polar surface area (TPSA) is 0 Å². The van der Waals surface area contributed by atoms with Gasteiger partial charge < -0.3 is 0 Å². The van der Waals surface area contributed by atoms with E-state index in [9.17, 15) is 13.2 Å². The van der Waals surface area contributed by atoms with Crippen LogP contribution in [0.3, 0.4) is 0 Å². The molecule has 1 atom stereocenters. The normalized spacial score (nSPS) is 15.6. The summed E-state index contributed by atoms with van der Waals surface area (Å²) >= 11 is 11.7. The van der Waals surface area contributed by atoms with Crippen molar-refractivity contribution in [3.05, 3.63) is 48.0 Å². The van der Waals surface area contributed by atoms with E-state index < -0.39 is 16.6 Å². The van der Waals surface area contributed by atoms with Crippen molar-refractivity contribution in [3.8, 4) is 0 Å². The van der Waals surface area contributed by atoms with E-state index in [1.54, 1.807) is 0 Å². The van der Waals surface area contributed by atoms with E-state index in [1.165, 1.54) is 12.1 Å². The minimum atomic E-state index is -4.38. The van der Waals surface area contributed by atoms with E-state index >= 15 is 0 Å². The van der Waals surface area contributed by atoms with Crippen molar-refractivity contribution in [2.45, 2.75) is 11.1 Å². The summed E-state index contributed by atoms with van der Waals surface area (Å²) in [5.41, 5.74) is -0.402. The lowest BCUT2D eigenvalue weighted by Crippen LogP contribution is -2.18. The van der Waals surface area contributed by atoms with E-state index in [0.29, 0.717) is 5.56 Å². The minimum Gasteiger partial charge on any atom is -0.166 e. The van der Waals surface area contributed by atoms with Crippen molar-refractivity contribution in [1.29, 1.82) is 0 Å². The molecule has 1 aromatic rings. The van der Waals surface area contributed by atoms with Gasteiger partial charge in [-0.2, -0.15) is 13.2 Å². The first-order chi connectivity index (χ1) is 7.33. The van der Waals surface area contributed by atoms with Crippen LogP contribution in [0.2, 0.25) is 0 Å². The third kappa shape index (κ3) is 2.71. The molecule has 1 aromatic carbocycles. The quantitative estimate of drug-likeness (QED) is 0.564. The highest BCUT2D eigenvalue weighted by Gasteiger charge is 2.31. The molecule has 1 rings (SSSR count). The maximum atomic E-state index is 12.3. The van der Waals surface area contributed by atoms with Gasteiger partial charge in [0.05, 0.1) is 5.56 Å². The summed E-state index contributed by atoms with van der Waals surface area (Å²) in [5.74, 6) is 0.0138. The number of alkyl halides is 5. The summed E-state index contributed by atoms with van der Waals surface area (Å²) in [5, 5.41) is 0. The second-order valence-corrected chi connectivity index (χ2v) is 4.13. The molecule has 0 N–H and O–H groups in total. The van der Waals surface area contributed by atoms with Gasteiger partial charge in [0.15, 0.2) is 0 Å². The van der Waals surface area contributed by atoms with Crippen molar-refractivity contribution in [1.82, 2.24) is 0 Å². The average Bonchev–Trinajstić information content (AvgIpc) is 2.27. The number of hydrogen-bond acceptors (Lipinski definition) is 0. The second kappa shape index (κ2) is 4.68. The predicted molar refractivity (Wildman–Crippen MR) is 58.7 cm³/mol. The van der Waals surface area contributed by atoms with Crippen LogP contribution >= 0.6 is 23.2 Å². The van der Waals surface area contributed by atoms with E-state index in [0.717, 1.165) is 12.1 Å². The molecule has 0 fully saturated rings. The average molecular weight is 268 g/mol. The molecule has 0 unspecified atom stereocenters. The molecule has 0 aromatic heterocycles. The van der Waals surface area contributed by atoms with Crippen molar-refractivity contribution < 1.29 is 13.2 Å². The standard InChI is InChI=1S/C11H8Cl2F3/c1-2-10(13,7-12)8-3-5-9(6-4-8)11(14,15)16/h2-3,5-6H,1,7H2/t10-/m1/s1. The fourth-order valence-electron chi connectivity index (χ4n) is 1.10. The number of allylic oxidation sites excluding steroid dienone is 1. The monoisotopic (exact) mass is 267 g/mol. The van der Waals surface area contributed by atoms with Crippen LogP contribution in [0.25, 0.3) is 0 Å². The lowest BCUT2D eigenvalue weighted by Gasteiger charge is -2.20. The Morgan fingerprint density at radius 2 is 2.00 bits per heavy atom. The van der Waals surface area contributed by atoms with Gasteiger partial charge >= 0.3 is 6.18 Å². The van der Waals surface area contributed by atoms with Gasteiger partial charge in [0.25, 0.3) is 0 Å². The molecular weight excluding hydrogens is 260 g/mol. The highest BCUT2D eigenvalue weighted by atomic mass is 35.5. The molecule has 0 saturated carbocycles. The zero-order valence-electron chi connectivity index (χ0n) is 8.11. The van der Waals surface area contributed by atoms with E-state index in [1.807, 2.05) is 0 Å². The minimum absolute atomic E-state index is 0.0138. The Morgan fingerprint density at radius 1 is 1.38 bits per heavy atom. The van der Waals surface area contributed by atoms with Crippen LogP contribution < -0.4 is 0 Å². The van der Waals surface area contributed by atoms with Gasteiger partial charge in [0, 0.05) is 5.88 Å². The van der Waals surface area contributed by atoms with E-state index in [2.05, 4.69) is 12.6 Å². The molecule has 5 heteroatoms. The van der Waals surface area contributed by atoms with Crippen LogP contribution in [0.5, 0.6) is 0 Å². The van der Waals surface area contributed by atoms with Gasteiger partial charge in [-0.25, -0.2) is 0 Å². The van der Waals surface area contributed by atoms with Gasteiger partial charge in [-0.3, -0.25) is 0 Å². The van der Waals surface area contributed by atoms with Gasteiger partial charge in [-0.15, -0.1) is 29.8 Å². The lowest BCUT2D eigenvalue weighted by atomic mass is 9.99. The Labute approximate surface area is 102 Å². The molecule has 1 radical (unpaired) electrons. The largest absolute Gasteiger partial charge is 0.416 e. The lowest BCUT2D eigenvalue weighted by molar-refractivity contribution is -0.137. The van der Waals surface area contributed by atoms with Crippen LogP contribution in [-0.2, 0) is 11.1 Å². The SMILES string of the molecule is C=C[C@@](Cl)(CCl)c1[c]cc(C(F)(F)F)cc1. The summed E-state index contributed by atoms with van der Waals surface area (Å²) in [6.45, 7) is 3.49. The van der Waals surface area contributed by atoms with Gasteiger partial charge in [-0.1, -0.05) is 12.1 Å². The Hall–Kier alpha value is -0.670. The molecule has 0 heterocycles. The smallest absolute Gasteiger partial charge is 0.166 e. The molecule has 0 aliphatic carbocycles. The van der Waals surface area contributed by atoms with Crippen LogP contribution in [-0.4, -0.2) is 5.88 Å². The summed E-state index contributed by atoms with van der Waals surface area (Å²) < 4.78 is 36.8. The van der Waals surface area contributed by atoms with Crippen LogP contribution in [0.4, 0.5) is 13.2 Å². The van der Waals surface area contributed by atoms with Gasteiger partial charge in [0.2, 0.25) is 0 Å². The summed E-state index contributed by atoms with van der Waals surface area (Å²) in [6, 6.07) is 5.52. The molecule has 16 heavy (non-hydrogen) atoms. The molecule has 0 amide bonds. The van der Waals surface area contributed by atoms with Crippen molar-refractivity contribution in [2.24, 2.45) is 0 Å². The third-order valence-electron chi connectivity index (χ3n) is 2.11. The number of halogens is 5. The maximum absolute atomic E-state index is 12.3. The molecule has 0 saturated heterocycles. The Bertz CT molecular complexity index is 370. The van der Waals surface area contributed by atoms with Crippen molar-refractivity contribution >= 4 is 23.2 Å². The number of hydrogen-bond donors (Lipinski definition) is 0. The van der Waals surface area contributed by atoms with E-state index in [4.69, 9.17) is 23.2 Å². The summed E-state index contributed by atoms with van der Waals surface area (Å²) in [7, 11) is 0. The molecular formula is C11H8Cl2F3. The van der Waals surface area contributed by atoms with Crippen LogP contribution in [0, 0.1) is 6.07 Å². The fraction of sp³-hybridized carbons (Fsp3) is 0.273. The second-order valence-electron chi connectivity index (χ2n) is 3.19. The zero-order chi connectivity index (χ0) is 12.4. The molecule has 0 aliphatic heterocycles. The summed E-state index contributed by atoms with van der Waals surface area (Å²) in [6.07, 6.45) is -3.00. The number of benzene rings is 1. The first-order valence-electron chi connectivity index (χ1n) is 4.31. The first kappa shape index (κ1) is 13.4. The molecule has 0 aliphatic rings. The number of rotatable bonds is 3. The maximum Gasteiger partial charge on any atom is 0.416 e. The zero-order valence-corrected chi connectivity index (χ0v) is 9.63. The summed E-state index contributed by atoms with van der Waals surface area (Å²) in [4.78, 5) is -1.08. The van der Waals surface area contributed by atoms with Crippen molar-refractivity contribution in [2.75, 3.05) is 5.88 Å². The highest BCUT2D eigenvalue weighted by molar-refractivity contribution is 6.31. The molecule has 0 spiro atoms. The fourth-order valence-corrected chi connectivity index (χ4v) is 1.47. The Morgan fingerprint density at radius 3 is 2.31 bits per heavy atom. The predicted octanol–water partition coefficient (Wildman–Crippen LogP) is 4.36. The molecule has 87 valence electrons. The highest BCUT2D eigenvalue weighted by Crippen LogP contribution is 2.34. The first-order valence-corrected chi connectivity index (χ1v) is 5.22. The van der Waals surface area contributed by atoms with Gasteiger partial charge in [-0.05, 0) is 23.8 Å².